The molecule has 0 saturated carbocycles. The molecule has 3 nitrogen and oxygen atoms in total. The van der Waals surface area contributed by atoms with Crippen LogP contribution in [0, 0.1) is 0 Å². The third-order valence-corrected chi connectivity index (χ3v) is 4.99. The normalized spacial score (nSPS) is 13.3. The van der Waals surface area contributed by atoms with Gasteiger partial charge in [0.15, 0.2) is 5.78 Å². The van der Waals surface area contributed by atoms with Crippen LogP contribution in [0.1, 0.15) is 25.6 Å². The Morgan fingerprint density at radius 3 is 2.33 bits per heavy atom. The molecule has 0 fully saturated rings. The number of thiophene rings is 1. The Morgan fingerprint density at radius 1 is 0.958 bits per heavy atom. The molecule has 4 rings (SSSR count). The van der Waals surface area contributed by atoms with Gasteiger partial charge in [-0.05, 0) is 5.56 Å². The number of hydrogen-bond acceptors (Lipinski definition) is 4. The minimum Gasteiger partial charge on any atom is -0.292 e. The molecule has 1 aliphatic rings. The van der Waals surface area contributed by atoms with Gasteiger partial charge in [-0.15, -0.1) is 11.3 Å². The van der Waals surface area contributed by atoms with Gasteiger partial charge in [-0.25, -0.2) is 0 Å². The quantitative estimate of drug-likeness (QED) is 0.672. The number of fused-ring (bicyclic) bond motifs is 1. The smallest absolute Gasteiger partial charge is 0.212 e. The number of aliphatic imine (C=N–C) groups is 1. The summed E-state index contributed by atoms with van der Waals surface area (Å²) in [6.07, 6.45) is 0. The molecule has 0 saturated heterocycles. The zero-order valence-corrected chi connectivity index (χ0v) is 13.5. The van der Waals surface area contributed by atoms with Crippen molar-refractivity contribution in [3.63, 3.8) is 0 Å². The maximum atomic E-state index is 12.8. The molecule has 0 N–H and O–H groups in total. The van der Waals surface area contributed by atoms with E-state index in [4.69, 9.17) is 0 Å². The van der Waals surface area contributed by atoms with Crippen molar-refractivity contribution in [1.29, 1.82) is 0 Å². The highest BCUT2D eigenvalue weighted by Crippen LogP contribution is 2.35. The maximum Gasteiger partial charge on any atom is 0.212 e. The van der Waals surface area contributed by atoms with Crippen LogP contribution >= 0.6 is 11.3 Å². The fourth-order valence-corrected chi connectivity index (χ4v) is 3.94. The van der Waals surface area contributed by atoms with Crippen molar-refractivity contribution < 1.29 is 9.59 Å². The SMILES string of the molecule is O=C(C1=NCC(=O)c2c(-c3ccccc3)csc21)c1ccccc1. The highest BCUT2D eigenvalue weighted by atomic mass is 32.1. The van der Waals surface area contributed by atoms with Crippen molar-refractivity contribution in [2.75, 3.05) is 6.54 Å². The molecular weight excluding hydrogens is 318 g/mol. The number of Topliss-reactive ketones (excluding diaryl/α,β-unsaturated/α-hetero) is 2. The van der Waals surface area contributed by atoms with E-state index in [0.717, 1.165) is 11.1 Å². The second-order valence-electron chi connectivity index (χ2n) is 5.50. The average Bonchev–Trinajstić information content (AvgIpc) is 3.09. The van der Waals surface area contributed by atoms with Crippen molar-refractivity contribution in [1.82, 2.24) is 0 Å². The van der Waals surface area contributed by atoms with E-state index in [1.165, 1.54) is 11.3 Å². The zero-order valence-electron chi connectivity index (χ0n) is 12.7. The molecule has 1 aliphatic heterocycles. The van der Waals surface area contributed by atoms with Crippen molar-refractivity contribution in [3.8, 4) is 11.1 Å². The highest BCUT2D eigenvalue weighted by molar-refractivity contribution is 7.14. The lowest BCUT2D eigenvalue weighted by Crippen LogP contribution is -2.24. The van der Waals surface area contributed by atoms with Crippen molar-refractivity contribution in [2.24, 2.45) is 4.99 Å². The third kappa shape index (κ3) is 2.41. The first kappa shape index (κ1) is 14.7. The highest BCUT2D eigenvalue weighted by Gasteiger charge is 2.30. The molecule has 2 heterocycles. The third-order valence-electron chi connectivity index (χ3n) is 4.00. The van der Waals surface area contributed by atoms with Gasteiger partial charge in [0, 0.05) is 22.1 Å². The fourth-order valence-electron chi connectivity index (χ4n) is 2.84. The summed E-state index contributed by atoms with van der Waals surface area (Å²) in [4.78, 5) is 30.2. The Balaban J connectivity index is 1.82. The summed E-state index contributed by atoms with van der Waals surface area (Å²) in [5.74, 6) is -0.166. The molecule has 0 aliphatic carbocycles. The van der Waals surface area contributed by atoms with E-state index in [1.807, 2.05) is 53.9 Å². The summed E-state index contributed by atoms with van der Waals surface area (Å²) in [5.41, 5.74) is 3.47. The minimum absolute atomic E-state index is 0.0253. The van der Waals surface area contributed by atoms with Crippen LogP contribution in [0.2, 0.25) is 0 Å². The Bertz CT molecular complexity index is 956. The van der Waals surface area contributed by atoms with Crippen LogP contribution in [0.3, 0.4) is 0 Å². The van der Waals surface area contributed by atoms with E-state index in [-0.39, 0.29) is 18.1 Å². The molecule has 0 spiro atoms. The topological polar surface area (TPSA) is 46.5 Å². The number of ketones is 2. The van der Waals surface area contributed by atoms with Gasteiger partial charge in [-0.2, -0.15) is 0 Å². The Hall–Kier alpha value is -2.85. The van der Waals surface area contributed by atoms with E-state index in [1.54, 1.807) is 12.1 Å². The molecule has 0 bridgehead atoms. The van der Waals surface area contributed by atoms with Gasteiger partial charge in [0.25, 0.3) is 0 Å². The lowest BCUT2D eigenvalue weighted by Gasteiger charge is -2.13. The molecule has 0 unspecified atom stereocenters. The molecule has 0 radical (unpaired) electrons. The average molecular weight is 331 g/mol. The van der Waals surface area contributed by atoms with Gasteiger partial charge in [0.05, 0.1) is 4.88 Å². The molecule has 2 aromatic carbocycles. The summed E-state index contributed by atoms with van der Waals surface area (Å²) in [7, 11) is 0. The number of rotatable bonds is 3. The van der Waals surface area contributed by atoms with E-state index in [9.17, 15) is 9.59 Å². The van der Waals surface area contributed by atoms with Crippen LogP contribution in [0.15, 0.2) is 71.0 Å². The van der Waals surface area contributed by atoms with E-state index < -0.39 is 0 Å². The number of hydrogen-bond donors (Lipinski definition) is 0. The van der Waals surface area contributed by atoms with Gasteiger partial charge in [0.1, 0.15) is 12.3 Å². The molecule has 116 valence electrons. The predicted octanol–water partition coefficient (Wildman–Crippen LogP) is 4.28. The second-order valence-corrected chi connectivity index (χ2v) is 6.38. The van der Waals surface area contributed by atoms with Gasteiger partial charge in [-0.3, -0.25) is 14.6 Å². The summed E-state index contributed by atoms with van der Waals surface area (Å²) < 4.78 is 0. The molecule has 1 aromatic heterocycles. The largest absolute Gasteiger partial charge is 0.292 e. The van der Waals surface area contributed by atoms with E-state index >= 15 is 0 Å². The molecule has 0 amide bonds. The summed E-state index contributed by atoms with van der Waals surface area (Å²) in [6, 6.07) is 18.8. The Labute approximate surface area is 143 Å². The Morgan fingerprint density at radius 2 is 1.62 bits per heavy atom. The number of benzene rings is 2. The number of carbonyl (C=O) groups excluding carboxylic acids is 2. The monoisotopic (exact) mass is 331 g/mol. The van der Waals surface area contributed by atoms with Crippen LogP contribution in [0.5, 0.6) is 0 Å². The first-order chi connectivity index (χ1) is 11.8. The van der Waals surface area contributed by atoms with Gasteiger partial charge < -0.3 is 0 Å². The molecule has 0 atom stereocenters. The lowest BCUT2D eigenvalue weighted by atomic mass is 9.94. The molecule has 3 aromatic rings. The molecular formula is C20H13NO2S. The lowest BCUT2D eigenvalue weighted by molar-refractivity contribution is 0.100. The first-order valence-corrected chi connectivity index (χ1v) is 8.48. The predicted molar refractivity (Wildman–Crippen MR) is 96.3 cm³/mol. The zero-order chi connectivity index (χ0) is 16.5. The van der Waals surface area contributed by atoms with Crippen LogP contribution in [0.4, 0.5) is 0 Å². The fraction of sp³-hybridized carbons (Fsp3) is 0.0500. The summed E-state index contributed by atoms with van der Waals surface area (Å²) in [5, 5.41) is 1.94. The number of carbonyl (C=O) groups is 2. The standard InChI is InChI=1S/C20H13NO2S/c22-16-11-21-18(19(23)14-9-5-2-6-10-14)20-17(16)15(12-24-20)13-7-3-1-4-8-13/h1-10,12H,11H2. The molecule has 4 heteroatoms. The van der Waals surface area contributed by atoms with Gasteiger partial charge in [0.2, 0.25) is 5.78 Å². The van der Waals surface area contributed by atoms with Crippen LogP contribution in [-0.2, 0) is 0 Å². The second kappa shape index (κ2) is 5.98. The van der Waals surface area contributed by atoms with Gasteiger partial charge >= 0.3 is 0 Å². The van der Waals surface area contributed by atoms with Crippen LogP contribution in [-0.4, -0.2) is 23.8 Å². The first-order valence-electron chi connectivity index (χ1n) is 7.60. The Kier molecular flexibility index (Phi) is 3.67. The number of nitrogens with zero attached hydrogens (tertiary/aromatic N) is 1. The van der Waals surface area contributed by atoms with Gasteiger partial charge in [-0.1, -0.05) is 60.7 Å². The summed E-state index contributed by atoms with van der Waals surface area (Å²) >= 11 is 1.41. The molecule has 24 heavy (non-hydrogen) atoms. The van der Waals surface area contributed by atoms with E-state index in [2.05, 4.69) is 4.99 Å². The van der Waals surface area contributed by atoms with Crippen molar-refractivity contribution in [2.45, 2.75) is 0 Å². The maximum absolute atomic E-state index is 12.8. The summed E-state index contributed by atoms with van der Waals surface area (Å²) in [6.45, 7) is 0.0253. The van der Waals surface area contributed by atoms with E-state index in [0.29, 0.717) is 21.7 Å². The van der Waals surface area contributed by atoms with Crippen molar-refractivity contribution >= 4 is 28.6 Å². The van der Waals surface area contributed by atoms with Crippen LogP contribution in [0.25, 0.3) is 11.1 Å². The minimum atomic E-state index is -0.134. The van der Waals surface area contributed by atoms with Crippen molar-refractivity contribution in [3.05, 3.63) is 82.0 Å². The van der Waals surface area contributed by atoms with Crippen LogP contribution < -0.4 is 0 Å².